The van der Waals surface area contributed by atoms with E-state index >= 15 is 0 Å². The highest BCUT2D eigenvalue weighted by Gasteiger charge is 2.38. The summed E-state index contributed by atoms with van der Waals surface area (Å²) in [6, 6.07) is 9.53. The Morgan fingerprint density at radius 3 is 2.20 bits per heavy atom. The molecule has 1 aliphatic rings. The zero-order chi connectivity index (χ0) is 15.0. The Bertz CT molecular complexity index is 441. The molecule has 2 rings (SSSR count). The maximum atomic E-state index is 3.79. The van der Waals surface area contributed by atoms with Gasteiger partial charge in [0.05, 0.1) is 0 Å². The smallest absolute Gasteiger partial charge is 0.0345 e. The summed E-state index contributed by atoms with van der Waals surface area (Å²) in [5.74, 6) is 0.594. The number of nitrogens with one attached hydrogen (secondary N) is 1. The summed E-state index contributed by atoms with van der Waals surface area (Å²) in [5.41, 5.74) is 3.59. The largest absolute Gasteiger partial charge is 0.382 e. The predicted octanol–water partition coefficient (Wildman–Crippen LogP) is 5.83. The first-order chi connectivity index (χ1) is 9.17. The van der Waals surface area contributed by atoms with E-state index in [1.807, 2.05) is 0 Å². The van der Waals surface area contributed by atoms with Crippen LogP contribution in [0.25, 0.3) is 0 Å². The molecule has 1 saturated carbocycles. The molecule has 0 saturated heterocycles. The topological polar surface area (TPSA) is 12.0 Å². The molecule has 112 valence electrons. The third-order valence-corrected chi connectivity index (χ3v) is 4.48. The van der Waals surface area contributed by atoms with Crippen molar-refractivity contribution in [2.75, 3.05) is 5.32 Å². The number of hydrogen-bond acceptors (Lipinski definition) is 1. The Balaban J connectivity index is 2.11. The lowest BCUT2D eigenvalue weighted by Gasteiger charge is -2.45. The minimum atomic E-state index is 0.440. The monoisotopic (exact) mass is 273 g/mol. The fourth-order valence-electron chi connectivity index (χ4n) is 4.17. The highest BCUT2D eigenvalue weighted by Crippen LogP contribution is 2.46. The van der Waals surface area contributed by atoms with E-state index in [2.05, 4.69) is 71.1 Å². The summed E-state index contributed by atoms with van der Waals surface area (Å²) in [4.78, 5) is 0. The van der Waals surface area contributed by atoms with Crippen LogP contribution in [-0.2, 0) is 0 Å². The average molecular weight is 273 g/mol. The van der Waals surface area contributed by atoms with Crippen LogP contribution < -0.4 is 5.32 Å². The molecular formula is C19H31N. The molecule has 1 heteroatoms. The highest BCUT2D eigenvalue weighted by molar-refractivity contribution is 5.47. The van der Waals surface area contributed by atoms with Gasteiger partial charge in [0.1, 0.15) is 0 Å². The first-order valence-corrected chi connectivity index (χ1v) is 8.03. The summed E-state index contributed by atoms with van der Waals surface area (Å²) < 4.78 is 0. The van der Waals surface area contributed by atoms with Gasteiger partial charge in [0.25, 0.3) is 0 Å². The molecule has 1 aromatic rings. The molecule has 0 aromatic heterocycles. The van der Waals surface area contributed by atoms with Crippen molar-refractivity contribution in [1.82, 2.24) is 0 Å². The van der Waals surface area contributed by atoms with Gasteiger partial charge in [0.15, 0.2) is 0 Å². The third kappa shape index (κ3) is 4.01. The molecule has 1 fully saturated rings. The van der Waals surface area contributed by atoms with Crippen molar-refractivity contribution in [3.05, 3.63) is 29.8 Å². The zero-order valence-electron chi connectivity index (χ0n) is 14.1. The van der Waals surface area contributed by atoms with Crippen LogP contribution in [-0.4, -0.2) is 6.04 Å². The molecular weight excluding hydrogens is 242 g/mol. The number of benzene rings is 1. The minimum absolute atomic E-state index is 0.440. The summed E-state index contributed by atoms with van der Waals surface area (Å²) in [6.07, 6.45) is 3.86. The molecule has 0 heterocycles. The van der Waals surface area contributed by atoms with Crippen LogP contribution in [0.5, 0.6) is 0 Å². The number of rotatable bonds is 3. The molecule has 0 unspecified atom stereocenters. The Kier molecular flexibility index (Phi) is 4.18. The van der Waals surface area contributed by atoms with Gasteiger partial charge in [-0.2, -0.15) is 0 Å². The van der Waals surface area contributed by atoms with Gasteiger partial charge in [-0.15, -0.1) is 0 Å². The maximum absolute atomic E-state index is 3.79. The van der Waals surface area contributed by atoms with E-state index in [0.717, 1.165) is 0 Å². The molecule has 1 nitrogen and oxygen atoms in total. The van der Waals surface area contributed by atoms with Gasteiger partial charge in [-0.05, 0) is 53.7 Å². The second-order valence-corrected chi connectivity index (χ2v) is 8.53. The number of hydrogen-bond donors (Lipinski definition) is 1. The molecule has 0 aliphatic heterocycles. The van der Waals surface area contributed by atoms with Gasteiger partial charge in [0.2, 0.25) is 0 Å². The van der Waals surface area contributed by atoms with E-state index in [1.54, 1.807) is 0 Å². The molecule has 0 radical (unpaired) electrons. The Labute approximate surface area is 125 Å². The van der Waals surface area contributed by atoms with Gasteiger partial charge < -0.3 is 5.32 Å². The van der Waals surface area contributed by atoms with E-state index in [4.69, 9.17) is 0 Å². The molecule has 0 atom stereocenters. The lowest BCUT2D eigenvalue weighted by Crippen LogP contribution is -2.40. The van der Waals surface area contributed by atoms with Crippen molar-refractivity contribution in [2.45, 2.75) is 72.8 Å². The lowest BCUT2D eigenvalue weighted by molar-refractivity contribution is 0.105. The SMILES string of the molecule is CC(C)c1cccc(NC2CC(C)(C)CC(C)(C)C2)c1. The van der Waals surface area contributed by atoms with E-state index in [9.17, 15) is 0 Å². The average Bonchev–Trinajstić information content (AvgIpc) is 2.24. The van der Waals surface area contributed by atoms with Crippen LogP contribution >= 0.6 is 0 Å². The molecule has 0 spiro atoms. The molecule has 20 heavy (non-hydrogen) atoms. The Morgan fingerprint density at radius 1 is 1.05 bits per heavy atom. The second kappa shape index (κ2) is 5.42. The van der Waals surface area contributed by atoms with E-state index in [0.29, 0.717) is 22.8 Å². The van der Waals surface area contributed by atoms with E-state index < -0.39 is 0 Å². The van der Waals surface area contributed by atoms with Crippen LogP contribution in [0.1, 0.15) is 72.3 Å². The fourth-order valence-corrected chi connectivity index (χ4v) is 4.17. The minimum Gasteiger partial charge on any atom is -0.382 e. The Hall–Kier alpha value is -0.980. The van der Waals surface area contributed by atoms with Gasteiger partial charge in [0, 0.05) is 11.7 Å². The predicted molar refractivity (Wildman–Crippen MR) is 89.4 cm³/mol. The quantitative estimate of drug-likeness (QED) is 0.731. The fraction of sp³-hybridized carbons (Fsp3) is 0.684. The first-order valence-electron chi connectivity index (χ1n) is 8.03. The third-order valence-electron chi connectivity index (χ3n) is 4.48. The van der Waals surface area contributed by atoms with E-state index in [1.165, 1.54) is 30.5 Å². The van der Waals surface area contributed by atoms with Crippen molar-refractivity contribution < 1.29 is 0 Å². The highest BCUT2D eigenvalue weighted by atomic mass is 14.9. The molecule has 0 amide bonds. The van der Waals surface area contributed by atoms with Gasteiger partial charge in [-0.3, -0.25) is 0 Å². The zero-order valence-corrected chi connectivity index (χ0v) is 14.1. The van der Waals surface area contributed by atoms with Crippen molar-refractivity contribution >= 4 is 5.69 Å². The van der Waals surface area contributed by atoms with Crippen LogP contribution in [0.3, 0.4) is 0 Å². The van der Waals surface area contributed by atoms with Crippen LogP contribution in [0, 0.1) is 10.8 Å². The van der Waals surface area contributed by atoms with Gasteiger partial charge >= 0.3 is 0 Å². The standard InChI is InChI=1S/C19H31N/c1-14(2)15-8-7-9-16(10-15)20-17-11-18(3,4)13-19(5,6)12-17/h7-10,14,17,20H,11-13H2,1-6H3. The van der Waals surface area contributed by atoms with Crippen LogP contribution in [0.2, 0.25) is 0 Å². The van der Waals surface area contributed by atoms with E-state index in [-0.39, 0.29) is 0 Å². The van der Waals surface area contributed by atoms with Crippen molar-refractivity contribution in [3.8, 4) is 0 Å². The Morgan fingerprint density at radius 2 is 1.65 bits per heavy atom. The van der Waals surface area contributed by atoms with Gasteiger partial charge in [-0.25, -0.2) is 0 Å². The van der Waals surface area contributed by atoms with Crippen LogP contribution in [0.15, 0.2) is 24.3 Å². The van der Waals surface area contributed by atoms with Crippen molar-refractivity contribution in [3.63, 3.8) is 0 Å². The van der Waals surface area contributed by atoms with Gasteiger partial charge in [-0.1, -0.05) is 53.7 Å². The van der Waals surface area contributed by atoms with Crippen molar-refractivity contribution in [1.29, 1.82) is 0 Å². The summed E-state index contributed by atoms with van der Waals surface area (Å²) in [5, 5.41) is 3.79. The molecule has 0 bridgehead atoms. The van der Waals surface area contributed by atoms with Crippen molar-refractivity contribution in [2.24, 2.45) is 10.8 Å². The summed E-state index contributed by atoms with van der Waals surface area (Å²) in [7, 11) is 0. The molecule has 1 aliphatic carbocycles. The molecule has 1 N–H and O–H groups in total. The summed E-state index contributed by atoms with van der Waals surface area (Å²) >= 11 is 0. The maximum Gasteiger partial charge on any atom is 0.0345 e. The number of anilines is 1. The molecule has 1 aromatic carbocycles. The van der Waals surface area contributed by atoms with Crippen LogP contribution in [0.4, 0.5) is 5.69 Å². The normalized spacial score (nSPS) is 21.9. The summed E-state index contributed by atoms with van der Waals surface area (Å²) in [6.45, 7) is 14.2. The first kappa shape index (κ1) is 15.4. The lowest BCUT2D eigenvalue weighted by atomic mass is 9.63. The second-order valence-electron chi connectivity index (χ2n) is 8.53.